The lowest BCUT2D eigenvalue weighted by molar-refractivity contribution is 0.0515. The van der Waals surface area contributed by atoms with Crippen LogP contribution >= 0.6 is 0 Å². The van der Waals surface area contributed by atoms with Crippen LogP contribution in [-0.4, -0.2) is 45.0 Å². The highest BCUT2D eigenvalue weighted by Gasteiger charge is 2.30. The van der Waals surface area contributed by atoms with Gasteiger partial charge in [-0.25, -0.2) is 14.8 Å². The molecule has 8 heteroatoms. The molecule has 2 aromatic rings. The summed E-state index contributed by atoms with van der Waals surface area (Å²) in [6.45, 7) is 2.07. The van der Waals surface area contributed by atoms with Crippen molar-refractivity contribution in [3.05, 3.63) is 41.5 Å². The topological polar surface area (TPSA) is 77.3 Å². The van der Waals surface area contributed by atoms with Crippen LogP contribution in [0.15, 0.2) is 18.5 Å². The van der Waals surface area contributed by atoms with Crippen LogP contribution in [0.2, 0.25) is 0 Å². The normalized spacial score (nSPS) is 13.4. The van der Waals surface area contributed by atoms with Crippen LogP contribution in [0.1, 0.15) is 33.6 Å². The van der Waals surface area contributed by atoms with Gasteiger partial charge in [0.2, 0.25) is 5.95 Å². The molecule has 1 aliphatic rings. The second kappa shape index (κ2) is 5.21. The Morgan fingerprint density at radius 3 is 2.95 bits per heavy atom. The van der Waals surface area contributed by atoms with E-state index in [0.717, 1.165) is 6.07 Å². The van der Waals surface area contributed by atoms with Gasteiger partial charge >= 0.3 is 5.97 Å². The monoisotopic (exact) mass is 303 g/mol. The Labute approximate surface area is 125 Å². The van der Waals surface area contributed by atoms with Crippen molar-refractivity contribution in [1.29, 1.82) is 0 Å². The van der Waals surface area contributed by atoms with Crippen molar-refractivity contribution in [2.24, 2.45) is 0 Å². The van der Waals surface area contributed by atoms with Gasteiger partial charge in [-0.3, -0.25) is 9.36 Å². The largest absolute Gasteiger partial charge is 0.461 e. The second-order valence-electron chi connectivity index (χ2n) is 4.79. The number of halogens is 1. The molecule has 0 N–H and O–H groups in total. The molecule has 0 fully saturated rings. The van der Waals surface area contributed by atoms with E-state index in [1.165, 1.54) is 17.3 Å². The van der Waals surface area contributed by atoms with Crippen molar-refractivity contribution in [3.8, 4) is 5.69 Å². The molecular weight excluding hydrogens is 290 g/mol. The third-order valence-corrected chi connectivity index (χ3v) is 3.37. The minimum Gasteiger partial charge on any atom is -0.461 e. The SMILES string of the molecule is CCOC(=O)c1ncn2c1CN(C)C(=O)c1nc([18F])ccc1-2. The van der Waals surface area contributed by atoms with Crippen LogP contribution in [0.3, 0.4) is 0 Å². The number of hydrogen-bond donors (Lipinski definition) is 0. The fourth-order valence-electron chi connectivity index (χ4n) is 2.36. The summed E-state index contributed by atoms with van der Waals surface area (Å²) in [6.07, 6.45) is 1.41. The van der Waals surface area contributed by atoms with E-state index in [2.05, 4.69) is 9.97 Å². The molecule has 2 aromatic heterocycles. The Bertz CT molecular complexity index is 771. The summed E-state index contributed by atoms with van der Waals surface area (Å²) in [5.41, 5.74) is 1.00. The highest BCUT2D eigenvalue weighted by molar-refractivity contribution is 5.97. The van der Waals surface area contributed by atoms with Gasteiger partial charge in [-0.1, -0.05) is 0 Å². The molecule has 1 amide bonds. The van der Waals surface area contributed by atoms with Gasteiger partial charge in [-0.2, -0.15) is 4.39 Å². The molecule has 0 aliphatic carbocycles. The molecule has 0 unspecified atom stereocenters. The molecule has 3 rings (SSSR count). The average molecular weight is 303 g/mol. The number of ether oxygens (including phenoxy) is 1. The number of esters is 1. The number of hydrogen-bond acceptors (Lipinski definition) is 5. The van der Waals surface area contributed by atoms with E-state index in [-0.39, 0.29) is 24.5 Å². The Balaban J connectivity index is 2.20. The number of rotatable bonds is 2. The molecule has 0 saturated carbocycles. The van der Waals surface area contributed by atoms with Gasteiger partial charge in [-0.05, 0) is 19.1 Å². The zero-order valence-electron chi connectivity index (χ0n) is 12.0. The van der Waals surface area contributed by atoms with E-state index in [1.54, 1.807) is 18.5 Å². The predicted molar refractivity (Wildman–Crippen MR) is 73.1 cm³/mol. The van der Waals surface area contributed by atoms with Gasteiger partial charge in [-0.15, -0.1) is 0 Å². The van der Waals surface area contributed by atoms with Crippen LogP contribution in [0.25, 0.3) is 5.69 Å². The second-order valence-corrected chi connectivity index (χ2v) is 4.79. The number of pyridine rings is 1. The predicted octanol–water partition coefficient (Wildman–Crippen LogP) is 1.17. The summed E-state index contributed by atoms with van der Waals surface area (Å²) in [5.74, 6) is -1.72. The maximum Gasteiger partial charge on any atom is 0.358 e. The summed E-state index contributed by atoms with van der Waals surface area (Å²) < 4.78 is 19.9. The van der Waals surface area contributed by atoms with Crippen molar-refractivity contribution in [2.75, 3.05) is 13.7 Å². The Hall–Kier alpha value is -2.77. The fourth-order valence-corrected chi connectivity index (χ4v) is 2.36. The molecule has 0 aromatic carbocycles. The molecule has 0 atom stereocenters. The van der Waals surface area contributed by atoms with E-state index in [4.69, 9.17) is 4.74 Å². The number of carbonyl (C=O) groups excluding carboxylic acids is 2. The highest BCUT2D eigenvalue weighted by Crippen LogP contribution is 2.25. The standard InChI is InChI=1S/C14H13FN4O3/c1-3-22-14(21)12-9-6-18(2)13(20)11-8(19(9)7-16-12)4-5-10(15)17-11/h4-5,7H,3,6H2,1-2H3/i15-1. The molecule has 1 aliphatic heterocycles. The third-order valence-electron chi connectivity index (χ3n) is 3.37. The van der Waals surface area contributed by atoms with Crippen LogP contribution in [0, 0.1) is 5.95 Å². The molecule has 114 valence electrons. The average Bonchev–Trinajstić information content (AvgIpc) is 2.86. The molecule has 0 bridgehead atoms. The number of imidazole rings is 1. The Morgan fingerprint density at radius 2 is 2.23 bits per heavy atom. The maximum atomic E-state index is 13.4. The van der Waals surface area contributed by atoms with Gasteiger partial charge in [0.25, 0.3) is 5.91 Å². The molecule has 22 heavy (non-hydrogen) atoms. The van der Waals surface area contributed by atoms with Crippen molar-refractivity contribution in [1.82, 2.24) is 19.4 Å². The van der Waals surface area contributed by atoms with E-state index in [9.17, 15) is 14.0 Å². The molecule has 0 spiro atoms. The maximum absolute atomic E-state index is 13.4. The van der Waals surface area contributed by atoms with Crippen LogP contribution in [0.5, 0.6) is 0 Å². The number of carbonyl (C=O) groups is 2. The Morgan fingerprint density at radius 1 is 1.45 bits per heavy atom. The lowest BCUT2D eigenvalue weighted by atomic mass is 10.2. The smallest absolute Gasteiger partial charge is 0.358 e. The van der Waals surface area contributed by atoms with E-state index < -0.39 is 17.8 Å². The van der Waals surface area contributed by atoms with Crippen LogP contribution < -0.4 is 0 Å². The number of nitrogens with zero attached hydrogens (tertiary/aromatic N) is 4. The number of fused-ring (bicyclic) bond motifs is 3. The van der Waals surface area contributed by atoms with Crippen LogP contribution in [-0.2, 0) is 11.3 Å². The number of amides is 1. The first-order chi connectivity index (χ1) is 10.5. The summed E-state index contributed by atoms with van der Waals surface area (Å²) in [6, 6.07) is 2.60. The lowest BCUT2D eigenvalue weighted by Crippen LogP contribution is -2.26. The van der Waals surface area contributed by atoms with Crippen molar-refractivity contribution < 1.29 is 18.7 Å². The lowest BCUT2D eigenvalue weighted by Gasteiger charge is -2.13. The van der Waals surface area contributed by atoms with Gasteiger partial charge in [0.15, 0.2) is 11.4 Å². The van der Waals surface area contributed by atoms with E-state index in [1.807, 2.05) is 0 Å². The van der Waals surface area contributed by atoms with Gasteiger partial charge < -0.3 is 9.64 Å². The van der Waals surface area contributed by atoms with Crippen LogP contribution in [0.4, 0.5) is 4.39 Å². The highest BCUT2D eigenvalue weighted by atomic mass is 18.2. The first kappa shape index (κ1) is 14.2. The third kappa shape index (κ3) is 2.12. The summed E-state index contributed by atoms with van der Waals surface area (Å²) in [7, 11) is 1.55. The molecule has 0 saturated heterocycles. The quantitative estimate of drug-likeness (QED) is 0.615. The molecule has 7 nitrogen and oxygen atoms in total. The number of aromatic nitrogens is 3. The first-order valence-corrected chi connectivity index (χ1v) is 6.68. The summed E-state index contributed by atoms with van der Waals surface area (Å²) >= 11 is 0. The fraction of sp³-hybridized carbons (Fsp3) is 0.286. The molecule has 3 heterocycles. The molecular formula is C14H13FN4O3. The molecule has 0 radical (unpaired) electrons. The van der Waals surface area contributed by atoms with E-state index >= 15 is 0 Å². The van der Waals surface area contributed by atoms with E-state index in [0.29, 0.717) is 11.4 Å². The van der Waals surface area contributed by atoms with Gasteiger partial charge in [0.1, 0.15) is 6.33 Å². The van der Waals surface area contributed by atoms with Gasteiger partial charge in [0.05, 0.1) is 24.5 Å². The van der Waals surface area contributed by atoms with Crippen molar-refractivity contribution in [2.45, 2.75) is 13.5 Å². The summed E-state index contributed by atoms with van der Waals surface area (Å²) in [5, 5.41) is 0. The zero-order valence-corrected chi connectivity index (χ0v) is 12.0. The van der Waals surface area contributed by atoms with Crippen molar-refractivity contribution >= 4 is 11.9 Å². The minimum absolute atomic E-state index is 0.0194. The minimum atomic E-state index is -0.741. The van der Waals surface area contributed by atoms with Gasteiger partial charge in [0, 0.05) is 7.05 Å². The first-order valence-electron chi connectivity index (χ1n) is 6.68. The van der Waals surface area contributed by atoms with Crippen molar-refractivity contribution in [3.63, 3.8) is 0 Å². The summed E-state index contributed by atoms with van der Waals surface area (Å²) in [4.78, 5) is 33.4. The zero-order chi connectivity index (χ0) is 15.9. The Kier molecular flexibility index (Phi) is 3.36.